The van der Waals surface area contributed by atoms with Gasteiger partial charge < -0.3 is 16.2 Å². The lowest BCUT2D eigenvalue weighted by atomic mass is 10.3. The first-order valence-corrected chi connectivity index (χ1v) is 6.05. The van der Waals surface area contributed by atoms with Crippen LogP contribution in [0.3, 0.4) is 0 Å². The molecule has 0 fully saturated rings. The number of anilines is 2. The molecule has 0 saturated carbocycles. The Labute approximate surface area is 116 Å². The van der Waals surface area contributed by atoms with Crippen LogP contribution in [0.2, 0.25) is 5.02 Å². The molecule has 4 N–H and O–H groups in total. The number of benzene rings is 1. The van der Waals surface area contributed by atoms with Crippen molar-refractivity contribution in [1.82, 2.24) is 15.0 Å². The summed E-state index contributed by atoms with van der Waals surface area (Å²) in [4.78, 5) is 11.5. The summed E-state index contributed by atoms with van der Waals surface area (Å²) in [6.45, 7) is 0.136. The van der Waals surface area contributed by atoms with Gasteiger partial charge >= 0.3 is 0 Å². The molecule has 2 aromatic rings. The van der Waals surface area contributed by atoms with E-state index in [9.17, 15) is 0 Å². The van der Waals surface area contributed by atoms with Crippen LogP contribution in [0.5, 0.6) is 5.75 Å². The Morgan fingerprint density at radius 1 is 1.17 bits per heavy atom. The van der Waals surface area contributed by atoms with Crippen molar-refractivity contribution in [2.24, 2.45) is 0 Å². The van der Waals surface area contributed by atoms with Crippen LogP contribution in [0.1, 0.15) is 5.82 Å². The van der Waals surface area contributed by atoms with E-state index in [4.69, 9.17) is 27.8 Å². The second-order valence-electron chi connectivity index (χ2n) is 3.33. The highest BCUT2D eigenvalue weighted by Gasteiger charge is 2.06. The fourth-order valence-corrected chi connectivity index (χ4v) is 2.05. The lowest BCUT2D eigenvalue weighted by Crippen LogP contribution is -2.09. The highest BCUT2D eigenvalue weighted by molar-refractivity contribution is 9.10. The molecule has 2 rings (SSSR count). The van der Waals surface area contributed by atoms with Gasteiger partial charge in [-0.25, -0.2) is 0 Å². The Morgan fingerprint density at radius 3 is 2.44 bits per heavy atom. The first-order valence-electron chi connectivity index (χ1n) is 4.88. The average Bonchev–Trinajstić information content (AvgIpc) is 2.26. The third-order valence-electron chi connectivity index (χ3n) is 1.97. The minimum absolute atomic E-state index is 0.0660. The minimum Gasteiger partial charge on any atom is -0.484 e. The molecule has 8 heteroatoms. The van der Waals surface area contributed by atoms with E-state index in [2.05, 4.69) is 30.9 Å². The van der Waals surface area contributed by atoms with Crippen molar-refractivity contribution in [1.29, 1.82) is 0 Å². The Balaban J connectivity index is 2.11. The molecule has 0 unspecified atom stereocenters. The van der Waals surface area contributed by atoms with Crippen molar-refractivity contribution in [3.8, 4) is 5.75 Å². The van der Waals surface area contributed by atoms with Gasteiger partial charge in [0.05, 0.1) is 4.47 Å². The number of aromatic nitrogens is 3. The molecule has 0 saturated heterocycles. The second kappa shape index (κ2) is 5.36. The van der Waals surface area contributed by atoms with E-state index in [-0.39, 0.29) is 18.5 Å². The maximum absolute atomic E-state index is 5.82. The van der Waals surface area contributed by atoms with E-state index in [0.29, 0.717) is 16.6 Å². The number of ether oxygens (including phenoxy) is 1. The smallest absolute Gasteiger partial charge is 0.225 e. The zero-order chi connectivity index (χ0) is 13.1. The summed E-state index contributed by atoms with van der Waals surface area (Å²) in [5.74, 6) is 1.12. The molecule has 0 amide bonds. The summed E-state index contributed by atoms with van der Waals surface area (Å²) in [6.07, 6.45) is 0. The third kappa shape index (κ3) is 3.21. The van der Waals surface area contributed by atoms with Crippen LogP contribution in [0.15, 0.2) is 22.7 Å². The van der Waals surface area contributed by atoms with Gasteiger partial charge in [0.15, 0.2) is 5.82 Å². The number of nitrogen functional groups attached to an aromatic ring is 2. The molecule has 0 radical (unpaired) electrons. The summed E-state index contributed by atoms with van der Waals surface area (Å²) in [5, 5.41) is 0.614. The number of nitrogens with two attached hydrogens (primary N) is 2. The Kier molecular flexibility index (Phi) is 3.83. The van der Waals surface area contributed by atoms with Crippen molar-refractivity contribution in [3.63, 3.8) is 0 Å². The van der Waals surface area contributed by atoms with Gasteiger partial charge in [-0.1, -0.05) is 11.6 Å². The monoisotopic (exact) mass is 329 g/mol. The van der Waals surface area contributed by atoms with E-state index in [1.165, 1.54) is 0 Å². The Bertz CT molecular complexity index is 560. The number of hydrogen-bond donors (Lipinski definition) is 2. The first kappa shape index (κ1) is 12.8. The fourth-order valence-electron chi connectivity index (χ4n) is 1.26. The molecular formula is C10H9BrClN5O. The molecule has 0 spiro atoms. The van der Waals surface area contributed by atoms with Crippen LogP contribution < -0.4 is 16.2 Å². The average molecular weight is 331 g/mol. The van der Waals surface area contributed by atoms with E-state index < -0.39 is 0 Å². The van der Waals surface area contributed by atoms with Crippen molar-refractivity contribution in [2.75, 3.05) is 11.5 Å². The maximum Gasteiger partial charge on any atom is 0.225 e. The van der Waals surface area contributed by atoms with Gasteiger partial charge in [-0.2, -0.15) is 15.0 Å². The van der Waals surface area contributed by atoms with Crippen molar-refractivity contribution in [2.45, 2.75) is 6.61 Å². The summed E-state index contributed by atoms with van der Waals surface area (Å²) in [6, 6.07) is 5.19. The van der Waals surface area contributed by atoms with E-state index in [1.807, 2.05) is 0 Å². The summed E-state index contributed by atoms with van der Waals surface area (Å²) in [7, 11) is 0. The van der Waals surface area contributed by atoms with Crippen molar-refractivity contribution in [3.05, 3.63) is 33.5 Å². The number of rotatable bonds is 3. The highest BCUT2D eigenvalue weighted by Crippen LogP contribution is 2.28. The fraction of sp³-hybridized carbons (Fsp3) is 0.100. The number of hydrogen-bond acceptors (Lipinski definition) is 6. The van der Waals surface area contributed by atoms with Crippen LogP contribution in [-0.2, 0) is 6.61 Å². The largest absolute Gasteiger partial charge is 0.484 e. The molecule has 1 heterocycles. The van der Waals surface area contributed by atoms with Gasteiger partial charge in [0, 0.05) is 5.02 Å². The highest BCUT2D eigenvalue weighted by atomic mass is 79.9. The van der Waals surface area contributed by atoms with E-state index >= 15 is 0 Å². The standard InChI is InChI=1S/C10H9BrClN5O/c11-6-3-5(12)1-2-7(6)18-4-8-15-9(13)17-10(14)16-8/h1-3H,4H2,(H4,13,14,15,16,17). The van der Waals surface area contributed by atoms with Crippen LogP contribution >= 0.6 is 27.5 Å². The molecule has 0 atom stereocenters. The van der Waals surface area contributed by atoms with Crippen LogP contribution in [0.25, 0.3) is 0 Å². The number of nitrogens with zero attached hydrogens (tertiary/aromatic N) is 3. The normalized spacial score (nSPS) is 10.3. The van der Waals surface area contributed by atoms with Crippen LogP contribution in [0, 0.1) is 0 Å². The topological polar surface area (TPSA) is 99.9 Å². The van der Waals surface area contributed by atoms with Gasteiger partial charge in [0.2, 0.25) is 11.9 Å². The third-order valence-corrected chi connectivity index (χ3v) is 2.82. The Morgan fingerprint density at radius 2 is 1.83 bits per heavy atom. The molecule has 18 heavy (non-hydrogen) atoms. The molecular weight excluding hydrogens is 322 g/mol. The van der Waals surface area contributed by atoms with Crippen molar-refractivity contribution >= 4 is 39.4 Å². The van der Waals surface area contributed by atoms with Crippen LogP contribution in [-0.4, -0.2) is 15.0 Å². The quantitative estimate of drug-likeness (QED) is 0.893. The molecule has 0 aliphatic heterocycles. The molecule has 0 bridgehead atoms. The predicted octanol–water partition coefficient (Wildman–Crippen LogP) is 2.03. The lowest BCUT2D eigenvalue weighted by Gasteiger charge is -2.07. The maximum atomic E-state index is 5.82. The zero-order valence-electron chi connectivity index (χ0n) is 9.10. The molecule has 1 aromatic carbocycles. The van der Waals surface area contributed by atoms with E-state index in [1.54, 1.807) is 18.2 Å². The second-order valence-corrected chi connectivity index (χ2v) is 4.62. The number of halogens is 2. The lowest BCUT2D eigenvalue weighted by molar-refractivity contribution is 0.294. The first-order chi connectivity index (χ1) is 8.54. The van der Waals surface area contributed by atoms with Gasteiger partial charge in [0.25, 0.3) is 0 Å². The summed E-state index contributed by atoms with van der Waals surface area (Å²) >= 11 is 9.16. The van der Waals surface area contributed by atoms with E-state index in [0.717, 1.165) is 4.47 Å². The minimum atomic E-state index is 0.0660. The van der Waals surface area contributed by atoms with Crippen molar-refractivity contribution < 1.29 is 4.74 Å². The predicted molar refractivity (Wildman–Crippen MR) is 72.1 cm³/mol. The molecule has 0 aliphatic rings. The SMILES string of the molecule is Nc1nc(N)nc(COc2ccc(Cl)cc2Br)n1. The Hall–Kier alpha value is -1.60. The van der Waals surface area contributed by atoms with Crippen LogP contribution in [0.4, 0.5) is 11.9 Å². The van der Waals surface area contributed by atoms with Gasteiger partial charge in [-0.15, -0.1) is 0 Å². The molecule has 94 valence electrons. The summed E-state index contributed by atoms with van der Waals surface area (Å²) in [5.41, 5.74) is 10.9. The van der Waals surface area contributed by atoms with Gasteiger partial charge in [0.1, 0.15) is 12.4 Å². The summed E-state index contributed by atoms with van der Waals surface area (Å²) < 4.78 is 6.26. The van der Waals surface area contributed by atoms with Gasteiger partial charge in [-0.05, 0) is 34.1 Å². The molecule has 1 aromatic heterocycles. The molecule has 0 aliphatic carbocycles. The zero-order valence-corrected chi connectivity index (χ0v) is 11.4. The molecule has 6 nitrogen and oxygen atoms in total. The van der Waals surface area contributed by atoms with Gasteiger partial charge in [-0.3, -0.25) is 0 Å².